The summed E-state index contributed by atoms with van der Waals surface area (Å²) in [4.78, 5) is 4.22. The van der Waals surface area contributed by atoms with Gasteiger partial charge in [0.1, 0.15) is 0 Å². The first-order valence-corrected chi connectivity index (χ1v) is 7.03. The zero-order chi connectivity index (χ0) is 14.5. The van der Waals surface area contributed by atoms with E-state index in [2.05, 4.69) is 17.2 Å². The standard InChI is InChI=1S/C14H18N2O3S/c1-9(16-14-15-5-6-20-14)10-7-11(17-2)13(19-4)12(8-10)18-3/h5-9H,1-4H3,(H,15,16). The topological polar surface area (TPSA) is 52.6 Å². The molecule has 1 heterocycles. The Balaban J connectivity index is 2.31. The van der Waals surface area contributed by atoms with Gasteiger partial charge in [0.25, 0.3) is 0 Å². The third-order valence-electron chi connectivity index (χ3n) is 2.96. The monoisotopic (exact) mass is 294 g/mol. The Hall–Kier alpha value is -1.95. The lowest BCUT2D eigenvalue weighted by Gasteiger charge is -2.18. The fraction of sp³-hybridized carbons (Fsp3) is 0.357. The number of nitrogens with zero attached hydrogens (tertiary/aromatic N) is 1. The third-order valence-corrected chi connectivity index (χ3v) is 3.66. The molecular weight excluding hydrogens is 276 g/mol. The van der Waals surface area contributed by atoms with Crippen molar-refractivity contribution in [3.05, 3.63) is 29.3 Å². The molecule has 6 heteroatoms. The Labute approximate surface area is 122 Å². The second kappa shape index (κ2) is 6.47. The Morgan fingerprint density at radius 2 is 1.75 bits per heavy atom. The number of anilines is 1. The van der Waals surface area contributed by atoms with E-state index in [4.69, 9.17) is 14.2 Å². The van der Waals surface area contributed by atoms with Gasteiger partial charge in [-0.15, -0.1) is 11.3 Å². The predicted octanol–water partition coefficient (Wildman–Crippen LogP) is 3.34. The minimum absolute atomic E-state index is 0.0786. The zero-order valence-electron chi connectivity index (χ0n) is 12.0. The van der Waals surface area contributed by atoms with Crippen molar-refractivity contribution in [1.82, 2.24) is 4.98 Å². The molecule has 0 saturated carbocycles. The van der Waals surface area contributed by atoms with Crippen molar-refractivity contribution < 1.29 is 14.2 Å². The number of benzene rings is 1. The molecule has 1 atom stereocenters. The second-order valence-electron chi connectivity index (χ2n) is 4.16. The van der Waals surface area contributed by atoms with Crippen LogP contribution in [0, 0.1) is 0 Å². The normalized spacial score (nSPS) is 11.8. The van der Waals surface area contributed by atoms with Gasteiger partial charge in [0, 0.05) is 11.6 Å². The molecule has 0 fully saturated rings. The van der Waals surface area contributed by atoms with Gasteiger partial charge in [-0.25, -0.2) is 4.98 Å². The van der Waals surface area contributed by atoms with Gasteiger partial charge in [-0.1, -0.05) is 0 Å². The van der Waals surface area contributed by atoms with Crippen LogP contribution in [-0.2, 0) is 0 Å². The Kier molecular flexibility index (Phi) is 4.68. The van der Waals surface area contributed by atoms with E-state index in [1.54, 1.807) is 38.9 Å². The van der Waals surface area contributed by atoms with Crippen LogP contribution in [0.5, 0.6) is 17.2 Å². The molecule has 1 unspecified atom stereocenters. The highest BCUT2D eigenvalue weighted by molar-refractivity contribution is 7.13. The van der Waals surface area contributed by atoms with E-state index in [0.717, 1.165) is 10.7 Å². The lowest BCUT2D eigenvalue weighted by Crippen LogP contribution is -2.07. The van der Waals surface area contributed by atoms with Crippen LogP contribution in [0.2, 0.25) is 0 Å². The highest BCUT2D eigenvalue weighted by Gasteiger charge is 2.16. The number of ether oxygens (including phenoxy) is 3. The van der Waals surface area contributed by atoms with Crippen LogP contribution in [0.4, 0.5) is 5.13 Å². The average molecular weight is 294 g/mol. The van der Waals surface area contributed by atoms with Crippen LogP contribution >= 0.6 is 11.3 Å². The van der Waals surface area contributed by atoms with Gasteiger partial charge >= 0.3 is 0 Å². The molecule has 0 saturated heterocycles. The molecule has 1 aromatic carbocycles. The maximum absolute atomic E-state index is 5.36. The molecule has 0 spiro atoms. The predicted molar refractivity (Wildman–Crippen MR) is 80.2 cm³/mol. The van der Waals surface area contributed by atoms with Gasteiger partial charge in [0.15, 0.2) is 16.6 Å². The Bertz CT molecular complexity index is 533. The van der Waals surface area contributed by atoms with Gasteiger partial charge in [0.05, 0.1) is 27.4 Å². The van der Waals surface area contributed by atoms with Gasteiger partial charge in [-0.3, -0.25) is 0 Å². The molecule has 1 N–H and O–H groups in total. The molecule has 5 nitrogen and oxygen atoms in total. The van der Waals surface area contributed by atoms with Crippen LogP contribution in [-0.4, -0.2) is 26.3 Å². The number of thiazole rings is 1. The molecule has 0 amide bonds. The molecule has 0 radical (unpaired) electrons. The fourth-order valence-corrected chi connectivity index (χ4v) is 2.53. The SMILES string of the molecule is COc1cc(C(C)Nc2nccs2)cc(OC)c1OC. The van der Waals surface area contributed by atoms with Crippen LogP contribution in [0.25, 0.3) is 0 Å². The number of methoxy groups -OCH3 is 3. The third kappa shape index (κ3) is 2.96. The van der Waals surface area contributed by atoms with Crippen molar-refractivity contribution in [1.29, 1.82) is 0 Å². The summed E-state index contributed by atoms with van der Waals surface area (Å²) in [6.07, 6.45) is 1.77. The molecule has 1 aromatic heterocycles. The first kappa shape index (κ1) is 14.5. The van der Waals surface area contributed by atoms with Gasteiger partial charge in [0.2, 0.25) is 5.75 Å². The van der Waals surface area contributed by atoms with Crippen molar-refractivity contribution in [3.63, 3.8) is 0 Å². The number of nitrogens with one attached hydrogen (secondary N) is 1. The van der Waals surface area contributed by atoms with E-state index in [1.165, 1.54) is 0 Å². The van der Waals surface area contributed by atoms with E-state index >= 15 is 0 Å². The fourth-order valence-electron chi connectivity index (χ4n) is 1.91. The number of rotatable bonds is 6. The Morgan fingerprint density at radius 3 is 2.20 bits per heavy atom. The molecule has 2 aromatic rings. The maximum atomic E-state index is 5.36. The lowest BCUT2D eigenvalue weighted by molar-refractivity contribution is 0.323. The summed E-state index contributed by atoms with van der Waals surface area (Å²) in [6, 6.07) is 3.95. The van der Waals surface area contributed by atoms with Crippen molar-refractivity contribution in [2.24, 2.45) is 0 Å². The van der Waals surface area contributed by atoms with E-state index in [9.17, 15) is 0 Å². The zero-order valence-corrected chi connectivity index (χ0v) is 12.8. The quantitative estimate of drug-likeness (QED) is 0.885. The first-order valence-electron chi connectivity index (χ1n) is 6.15. The summed E-state index contributed by atoms with van der Waals surface area (Å²) in [5.74, 6) is 1.89. The van der Waals surface area contributed by atoms with E-state index in [-0.39, 0.29) is 6.04 Å². The van der Waals surface area contributed by atoms with Gasteiger partial charge < -0.3 is 19.5 Å². The molecule has 0 aliphatic carbocycles. The van der Waals surface area contributed by atoms with E-state index < -0.39 is 0 Å². The van der Waals surface area contributed by atoms with E-state index in [1.807, 2.05) is 17.5 Å². The molecule has 2 rings (SSSR count). The van der Waals surface area contributed by atoms with Crippen molar-refractivity contribution >= 4 is 16.5 Å². The molecule has 108 valence electrons. The minimum Gasteiger partial charge on any atom is -0.493 e. The van der Waals surface area contributed by atoms with Crippen LogP contribution in [0.3, 0.4) is 0 Å². The van der Waals surface area contributed by atoms with Gasteiger partial charge in [-0.05, 0) is 24.6 Å². The average Bonchev–Trinajstić information content (AvgIpc) is 2.98. The minimum atomic E-state index is 0.0786. The largest absolute Gasteiger partial charge is 0.493 e. The molecular formula is C14H18N2O3S. The summed E-state index contributed by atoms with van der Waals surface area (Å²) in [6.45, 7) is 2.06. The van der Waals surface area contributed by atoms with Crippen LogP contribution in [0.1, 0.15) is 18.5 Å². The molecule has 0 bridgehead atoms. The summed E-state index contributed by atoms with van der Waals surface area (Å²) < 4.78 is 16.0. The van der Waals surface area contributed by atoms with E-state index in [0.29, 0.717) is 17.2 Å². The summed E-state index contributed by atoms with van der Waals surface area (Å²) in [5.41, 5.74) is 1.04. The molecule has 20 heavy (non-hydrogen) atoms. The smallest absolute Gasteiger partial charge is 0.203 e. The highest BCUT2D eigenvalue weighted by Crippen LogP contribution is 2.40. The van der Waals surface area contributed by atoms with Crippen molar-refractivity contribution in [2.45, 2.75) is 13.0 Å². The number of aromatic nitrogens is 1. The second-order valence-corrected chi connectivity index (χ2v) is 5.06. The van der Waals surface area contributed by atoms with Crippen molar-refractivity contribution in [3.8, 4) is 17.2 Å². The first-order chi connectivity index (χ1) is 9.69. The van der Waals surface area contributed by atoms with Gasteiger partial charge in [-0.2, -0.15) is 0 Å². The Morgan fingerprint density at radius 1 is 1.10 bits per heavy atom. The summed E-state index contributed by atoms with van der Waals surface area (Å²) >= 11 is 1.56. The summed E-state index contributed by atoms with van der Waals surface area (Å²) in [7, 11) is 4.82. The van der Waals surface area contributed by atoms with Crippen LogP contribution < -0.4 is 19.5 Å². The number of hydrogen-bond donors (Lipinski definition) is 1. The summed E-state index contributed by atoms with van der Waals surface area (Å²) in [5, 5.41) is 6.15. The molecule has 0 aliphatic heterocycles. The lowest BCUT2D eigenvalue weighted by atomic mass is 10.1. The number of hydrogen-bond acceptors (Lipinski definition) is 6. The van der Waals surface area contributed by atoms with Crippen molar-refractivity contribution in [2.75, 3.05) is 26.6 Å². The van der Waals surface area contributed by atoms with Crippen LogP contribution in [0.15, 0.2) is 23.7 Å². The highest BCUT2D eigenvalue weighted by atomic mass is 32.1. The maximum Gasteiger partial charge on any atom is 0.203 e. The molecule has 0 aliphatic rings.